The minimum Gasteiger partial charge on any atom is -0.496 e. The van der Waals surface area contributed by atoms with Crippen LogP contribution in [0.3, 0.4) is 0 Å². The number of benzene rings is 1. The summed E-state index contributed by atoms with van der Waals surface area (Å²) in [4.78, 5) is 8.16. The van der Waals surface area contributed by atoms with E-state index in [1.807, 2.05) is 6.07 Å². The van der Waals surface area contributed by atoms with Crippen LogP contribution in [0, 0.1) is 6.92 Å². The van der Waals surface area contributed by atoms with E-state index < -0.39 is 0 Å². The second kappa shape index (κ2) is 7.36. The number of halogens is 1. The molecule has 0 unspecified atom stereocenters. The highest BCUT2D eigenvalue weighted by Gasteiger charge is 2.37. The molecule has 1 aliphatic rings. The smallest absolute Gasteiger partial charge is 0.148 e. The van der Waals surface area contributed by atoms with Crippen LogP contribution < -0.4 is 10.1 Å². The lowest BCUT2D eigenvalue weighted by Crippen LogP contribution is -2.40. The monoisotopic (exact) mass is 347 g/mol. The molecule has 1 fully saturated rings. The van der Waals surface area contributed by atoms with Crippen LogP contribution in [0.15, 0.2) is 30.7 Å². The van der Waals surface area contributed by atoms with Crippen LogP contribution in [0.5, 0.6) is 5.75 Å². The Morgan fingerprint density at radius 1 is 1.33 bits per heavy atom. The number of nitrogens with zero attached hydrogens (tertiary/aromatic N) is 2. The molecule has 1 aromatic heterocycles. The summed E-state index contributed by atoms with van der Waals surface area (Å²) in [6, 6.07) is 6.33. The number of hydrogen-bond acceptors (Lipinski definition) is 5. The molecule has 1 saturated heterocycles. The zero-order valence-electron chi connectivity index (χ0n) is 14.0. The lowest BCUT2D eigenvalue weighted by Gasteiger charge is -2.39. The van der Waals surface area contributed by atoms with Gasteiger partial charge < -0.3 is 14.8 Å². The molecule has 0 bridgehead atoms. The van der Waals surface area contributed by atoms with Gasteiger partial charge in [-0.25, -0.2) is 9.97 Å². The van der Waals surface area contributed by atoms with Gasteiger partial charge in [0, 0.05) is 30.7 Å². The van der Waals surface area contributed by atoms with Crippen LogP contribution in [-0.2, 0) is 10.2 Å². The maximum Gasteiger partial charge on any atom is 0.148 e. The fourth-order valence-electron chi connectivity index (χ4n) is 3.24. The second-order valence-electron chi connectivity index (χ2n) is 6.17. The molecule has 2 heterocycles. The molecule has 128 valence electrons. The molecular formula is C18H22ClN3O2. The quantitative estimate of drug-likeness (QED) is 0.895. The van der Waals surface area contributed by atoms with Gasteiger partial charge in [0.05, 0.1) is 13.3 Å². The topological polar surface area (TPSA) is 56.3 Å². The minimum atomic E-state index is -0.0795. The molecular weight excluding hydrogens is 326 g/mol. The van der Waals surface area contributed by atoms with E-state index in [-0.39, 0.29) is 5.41 Å². The van der Waals surface area contributed by atoms with Crippen LogP contribution in [0.25, 0.3) is 0 Å². The summed E-state index contributed by atoms with van der Waals surface area (Å²) in [5, 5.41) is 3.92. The van der Waals surface area contributed by atoms with E-state index >= 15 is 0 Å². The third-order valence-corrected chi connectivity index (χ3v) is 4.91. The Morgan fingerprint density at radius 2 is 2.12 bits per heavy atom. The number of aryl methyl sites for hydroxylation is 1. The molecule has 2 aromatic rings. The summed E-state index contributed by atoms with van der Waals surface area (Å²) in [6.45, 7) is 4.28. The fraction of sp³-hybridized carbons (Fsp3) is 0.444. The summed E-state index contributed by atoms with van der Waals surface area (Å²) in [6.07, 6.45) is 4.93. The number of rotatable bonds is 5. The van der Waals surface area contributed by atoms with E-state index in [2.05, 4.69) is 34.3 Å². The van der Waals surface area contributed by atoms with Gasteiger partial charge in [-0.05, 0) is 25.8 Å². The first kappa shape index (κ1) is 17.0. The van der Waals surface area contributed by atoms with Gasteiger partial charge in [-0.1, -0.05) is 29.3 Å². The molecule has 1 aromatic carbocycles. The lowest BCUT2D eigenvalue weighted by atomic mass is 9.73. The first-order chi connectivity index (χ1) is 11.6. The van der Waals surface area contributed by atoms with Crippen molar-refractivity contribution in [3.05, 3.63) is 46.9 Å². The predicted molar refractivity (Wildman–Crippen MR) is 95.0 cm³/mol. The van der Waals surface area contributed by atoms with Crippen LogP contribution in [0.1, 0.15) is 24.0 Å². The highest BCUT2D eigenvalue weighted by Crippen LogP contribution is 2.40. The Morgan fingerprint density at radius 3 is 2.83 bits per heavy atom. The Kier molecular flexibility index (Phi) is 5.21. The number of ether oxygens (including phenoxy) is 2. The van der Waals surface area contributed by atoms with E-state index in [1.54, 1.807) is 13.3 Å². The number of anilines is 1. The van der Waals surface area contributed by atoms with Gasteiger partial charge in [0.2, 0.25) is 0 Å². The standard InChI is InChI=1S/C18H22ClN3O2/c1-13-3-4-16(23-2)14(9-13)18(5-7-24-8-6-18)11-21-17-15(19)10-20-12-22-17/h3-4,9-10,12H,5-8,11H2,1-2H3,(H,20,21,22). The lowest BCUT2D eigenvalue weighted by molar-refractivity contribution is 0.0535. The number of hydrogen-bond donors (Lipinski definition) is 1. The molecule has 24 heavy (non-hydrogen) atoms. The van der Waals surface area contributed by atoms with Gasteiger partial charge in [-0.3, -0.25) is 0 Å². The van der Waals surface area contributed by atoms with E-state index in [0.717, 1.165) is 31.8 Å². The summed E-state index contributed by atoms with van der Waals surface area (Å²) in [5.41, 5.74) is 2.35. The Hall–Kier alpha value is -1.85. The molecule has 0 atom stereocenters. The molecule has 1 N–H and O–H groups in total. The van der Waals surface area contributed by atoms with E-state index in [1.165, 1.54) is 17.5 Å². The molecule has 3 rings (SSSR count). The van der Waals surface area contributed by atoms with E-state index in [0.29, 0.717) is 17.4 Å². The van der Waals surface area contributed by atoms with Crippen LogP contribution in [0.2, 0.25) is 5.02 Å². The van der Waals surface area contributed by atoms with Gasteiger partial charge in [0.15, 0.2) is 0 Å². The van der Waals surface area contributed by atoms with Crippen molar-refractivity contribution in [3.8, 4) is 5.75 Å². The Labute approximate surface area is 147 Å². The SMILES string of the molecule is COc1ccc(C)cc1C1(CNc2ncncc2Cl)CCOCC1. The van der Waals surface area contributed by atoms with Crippen molar-refractivity contribution in [1.82, 2.24) is 9.97 Å². The maximum atomic E-state index is 6.18. The number of aromatic nitrogens is 2. The second-order valence-corrected chi connectivity index (χ2v) is 6.58. The average Bonchev–Trinajstić information content (AvgIpc) is 2.62. The van der Waals surface area contributed by atoms with Gasteiger partial charge in [-0.15, -0.1) is 0 Å². The summed E-state index contributed by atoms with van der Waals surface area (Å²) < 4.78 is 11.2. The molecule has 6 heteroatoms. The van der Waals surface area contributed by atoms with Gasteiger partial charge in [0.1, 0.15) is 22.9 Å². The maximum absolute atomic E-state index is 6.18. The summed E-state index contributed by atoms with van der Waals surface area (Å²) in [5.74, 6) is 1.57. The van der Waals surface area contributed by atoms with Gasteiger partial charge >= 0.3 is 0 Å². The summed E-state index contributed by atoms with van der Waals surface area (Å²) in [7, 11) is 1.72. The predicted octanol–water partition coefficient (Wildman–Crippen LogP) is 3.61. The highest BCUT2D eigenvalue weighted by molar-refractivity contribution is 6.32. The van der Waals surface area contributed by atoms with Crippen LogP contribution in [-0.4, -0.2) is 36.8 Å². The summed E-state index contributed by atoms with van der Waals surface area (Å²) >= 11 is 6.18. The first-order valence-corrected chi connectivity index (χ1v) is 8.45. The normalized spacial score (nSPS) is 16.6. The first-order valence-electron chi connectivity index (χ1n) is 8.07. The Balaban J connectivity index is 1.93. The molecule has 0 aliphatic carbocycles. The van der Waals surface area contributed by atoms with Crippen molar-refractivity contribution in [2.75, 3.05) is 32.2 Å². The van der Waals surface area contributed by atoms with Crippen molar-refractivity contribution in [3.63, 3.8) is 0 Å². The van der Waals surface area contributed by atoms with Crippen molar-refractivity contribution >= 4 is 17.4 Å². The third-order valence-electron chi connectivity index (χ3n) is 4.64. The largest absolute Gasteiger partial charge is 0.496 e. The van der Waals surface area contributed by atoms with Crippen LogP contribution >= 0.6 is 11.6 Å². The Bertz CT molecular complexity index is 702. The minimum absolute atomic E-state index is 0.0795. The molecule has 1 aliphatic heterocycles. The molecule has 0 amide bonds. The van der Waals surface area contributed by atoms with Gasteiger partial charge in [0.25, 0.3) is 0 Å². The fourth-order valence-corrected chi connectivity index (χ4v) is 3.41. The average molecular weight is 348 g/mol. The molecule has 0 saturated carbocycles. The van der Waals surface area contributed by atoms with E-state index in [9.17, 15) is 0 Å². The van der Waals surface area contributed by atoms with Crippen molar-refractivity contribution in [2.24, 2.45) is 0 Å². The zero-order chi connectivity index (χ0) is 17.0. The zero-order valence-corrected chi connectivity index (χ0v) is 14.8. The van der Waals surface area contributed by atoms with Gasteiger partial charge in [-0.2, -0.15) is 0 Å². The highest BCUT2D eigenvalue weighted by atomic mass is 35.5. The van der Waals surface area contributed by atoms with Crippen molar-refractivity contribution < 1.29 is 9.47 Å². The van der Waals surface area contributed by atoms with Crippen molar-refractivity contribution in [2.45, 2.75) is 25.2 Å². The third kappa shape index (κ3) is 3.47. The number of nitrogens with one attached hydrogen (secondary N) is 1. The number of methoxy groups -OCH3 is 1. The van der Waals surface area contributed by atoms with E-state index in [4.69, 9.17) is 21.1 Å². The molecule has 5 nitrogen and oxygen atoms in total. The van der Waals surface area contributed by atoms with Crippen molar-refractivity contribution in [1.29, 1.82) is 0 Å². The molecule has 0 spiro atoms. The van der Waals surface area contributed by atoms with Crippen LogP contribution in [0.4, 0.5) is 5.82 Å². The molecule has 0 radical (unpaired) electrons.